The molecule has 0 aliphatic carbocycles. The van der Waals surface area contributed by atoms with Gasteiger partial charge in [-0.3, -0.25) is 0 Å². The van der Waals surface area contributed by atoms with Gasteiger partial charge in [0.2, 0.25) is 5.88 Å². The van der Waals surface area contributed by atoms with Crippen molar-refractivity contribution >= 4 is 23.3 Å². The van der Waals surface area contributed by atoms with Gasteiger partial charge in [-0.2, -0.15) is 0 Å². The maximum absolute atomic E-state index is 13.0. The summed E-state index contributed by atoms with van der Waals surface area (Å²) in [6.45, 7) is 0. The lowest BCUT2D eigenvalue weighted by Crippen LogP contribution is -2.06. The number of hydrogen-bond acceptors (Lipinski definition) is 5. The Labute approximate surface area is 119 Å². The fourth-order valence-electron chi connectivity index (χ4n) is 1.45. The van der Waals surface area contributed by atoms with Gasteiger partial charge in [0.25, 0.3) is 0 Å². The molecule has 7 heteroatoms. The highest BCUT2D eigenvalue weighted by molar-refractivity contribution is 6.30. The molecular formula is C13H10ClFN2O3. The molecule has 0 radical (unpaired) electrons. The van der Waals surface area contributed by atoms with E-state index in [-0.39, 0.29) is 27.9 Å². The molecule has 2 N–H and O–H groups in total. The summed E-state index contributed by atoms with van der Waals surface area (Å²) in [4.78, 5) is 15.4. The normalized spacial score (nSPS) is 10.2. The number of anilines is 1. The molecule has 2 aromatic rings. The van der Waals surface area contributed by atoms with Crippen LogP contribution in [0.4, 0.5) is 10.1 Å². The molecule has 104 valence electrons. The lowest BCUT2D eigenvalue weighted by atomic mass is 10.2. The third kappa shape index (κ3) is 2.97. The van der Waals surface area contributed by atoms with E-state index >= 15 is 0 Å². The average molecular weight is 297 g/mol. The van der Waals surface area contributed by atoms with Crippen LogP contribution in [0.25, 0.3) is 0 Å². The highest BCUT2D eigenvalue weighted by Gasteiger charge is 2.13. The number of nitrogens with zero attached hydrogens (tertiary/aromatic N) is 1. The summed E-state index contributed by atoms with van der Waals surface area (Å²) in [6.07, 6.45) is 1.27. The number of pyridine rings is 1. The van der Waals surface area contributed by atoms with Crippen LogP contribution >= 0.6 is 11.6 Å². The second kappa shape index (κ2) is 5.75. The van der Waals surface area contributed by atoms with E-state index in [9.17, 15) is 9.18 Å². The van der Waals surface area contributed by atoms with E-state index in [4.69, 9.17) is 22.1 Å². The van der Waals surface area contributed by atoms with Gasteiger partial charge in [-0.15, -0.1) is 0 Å². The molecule has 0 aliphatic heterocycles. The molecule has 0 amide bonds. The Morgan fingerprint density at radius 1 is 1.40 bits per heavy atom. The minimum absolute atomic E-state index is 0.0777. The largest absolute Gasteiger partial charge is 0.465 e. The number of rotatable bonds is 3. The minimum atomic E-state index is -0.605. The van der Waals surface area contributed by atoms with Gasteiger partial charge >= 0.3 is 5.97 Å². The van der Waals surface area contributed by atoms with Gasteiger partial charge in [0.15, 0.2) is 0 Å². The topological polar surface area (TPSA) is 74.4 Å². The van der Waals surface area contributed by atoms with Crippen molar-refractivity contribution in [2.24, 2.45) is 0 Å². The number of hydrogen-bond donors (Lipinski definition) is 1. The van der Waals surface area contributed by atoms with Crippen LogP contribution in [-0.4, -0.2) is 18.1 Å². The first-order valence-corrected chi connectivity index (χ1v) is 5.86. The first kappa shape index (κ1) is 14.1. The van der Waals surface area contributed by atoms with E-state index in [1.165, 1.54) is 31.5 Å². The first-order chi connectivity index (χ1) is 9.51. The summed E-state index contributed by atoms with van der Waals surface area (Å²) in [5, 5.41) is -0.0777. The Hall–Kier alpha value is -2.34. The molecule has 0 saturated heterocycles. The summed E-state index contributed by atoms with van der Waals surface area (Å²) >= 11 is 5.64. The third-order valence-electron chi connectivity index (χ3n) is 2.43. The number of carbonyl (C=O) groups excluding carboxylic acids is 1. The molecule has 5 nitrogen and oxygen atoms in total. The molecule has 0 atom stereocenters. The number of nitrogens with two attached hydrogens (primary N) is 1. The van der Waals surface area contributed by atoms with Crippen LogP contribution in [0.5, 0.6) is 11.6 Å². The van der Waals surface area contributed by atoms with E-state index in [2.05, 4.69) is 9.72 Å². The second-order valence-corrected chi connectivity index (χ2v) is 4.19. The zero-order chi connectivity index (χ0) is 14.7. The Bertz CT molecular complexity index is 664. The zero-order valence-electron chi connectivity index (χ0n) is 10.4. The molecule has 0 fully saturated rings. The van der Waals surface area contributed by atoms with Gasteiger partial charge < -0.3 is 15.2 Å². The number of methoxy groups -OCH3 is 1. The highest BCUT2D eigenvalue weighted by atomic mass is 35.5. The standard InChI is InChI=1S/C13H10ClFN2O3/c1-19-13(18)8-5-12(17-6-11(8)16)20-7-2-3-10(15)9(14)4-7/h2-6H,16H2,1H3. The number of benzene rings is 1. The van der Waals surface area contributed by atoms with E-state index < -0.39 is 11.8 Å². The van der Waals surface area contributed by atoms with Crippen molar-refractivity contribution in [3.05, 3.63) is 46.9 Å². The molecule has 1 aromatic heterocycles. The number of nitrogen functional groups attached to an aromatic ring is 1. The molecule has 0 bridgehead atoms. The fraction of sp³-hybridized carbons (Fsp3) is 0.0769. The van der Waals surface area contributed by atoms with Crippen molar-refractivity contribution in [2.75, 3.05) is 12.8 Å². The minimum Gasteiger partial charge on any atom is -0.465 e. The van der Waals surface area contributed by atoms with Crippen molar-refractivity contribution in [1.82, 2.24) is 4.98 Å². The van der Waals surface area contributed by atoms with Gasteiger partial charge in [-0.1, -0.05) is 11.6 Å². The van der Waals surface area contributed by atoms with Crippen molar-refractivity contribution in [2.45, 2.75) is 0 Å². The first-order valence-electron chi connectivity index (χ1n) is 5.48. The van der Waals surface area contributed by atoms with Crippen molar-refractivity contribution in [3.8, 4) is 11.6 Å². The summed E-state index contributed by atoms with van der Waals surface area (Å²) in [7, 11) is 1.24. The van der Waals surface area contributed by atoms with Crippen molar-refractivity contribution < 1.29 is 18.7 Å². The van der Waals surface area contributed by atoms with Crippen molar-refractivity contribution in [3.63, 3.8) is 0 Å². The Morgan fingerprint density at radius 2 is 2.15 bits per heavy atom. The number of carbonyl (C=O) groups is 1. The van der Waals surface area contributed by atoms with E-state index in [1.54, 1.807) is 0 Å². The molecule has 0 saturated carbocycles. The summed E-state index contributed by atoms with van der Waals surface area (Å²) in [6, 6.07) is 5.18. The molecule has 0 aliphatic rings. The number of esters is 1. The third-order valence-corrected chi connectivity index (χ3v) is 2.72. The monoisotopic (exact) mass is 296 g/mol. The van der Waals surface area contributed by atoms with Gasteiger partial charge in [0, 0.05) is 12.1 Å². The van der Waals surface area contributed by atoms with Gasteiger partial charge in [0.05, 0.1) is 29.6 Å². The maximum Gasteiger partial charge on any atom is 0.340 e. The van der Waals surface area contributed by atoms with Crippen LogP contribution in [0.15, 0.2) is 30.5 Å². The van der Waals surface area contributed by atoms with Crippen LogP contribution in [0, 0.1) is 5.82 Å². The maximum atomic E-state index is 13.0. The zero-order valence-corrected chi connectivity index (χ0v) is 11.1. The Morgan fingerprint density at radius 3 is 2.80 bits per heavy atom. The molecule has 0 spiro atoms. The number of ether oxygens (including phenoxy) is 2. The number of aromatic nitrogens is 1. The van der Waals surface area contributed by atoms with Crippen LogP contribution in [-0.2, 0) is 4.74 Å². The van der Waals surface area contributed by atoms with Gasteiger partial charge in [0.1, 0.15) is 11.6 Å². The number of halogens is 2. The summed E-state index contributed by atoms with van der Waals surface area (Å²) < 4.78 is 23.0. The molecule has 2 rings (SSSR count). The predicted molar refractivity (Wildman–Crippen MR) is 71.5 cm³/mol. The van der Waals surface area contributed by atoms with Crippen LogP contribution in [0.1, 0.15) is 10.4 Å². The molecule has 1 aromatic carbocycles. The van der Waals surface area contributed by atoms with Gasteiger partial charge in [-0.05, 0) is 12.1 Å². The Balaban J connectivity index is 2.29. The van der Waals surface area contributed by atoms with Crippen LogP contribution < -0.4 is 10.5 Å². The molecular weight excluding hydrogens is 287 g/mol. The lowest BCUT2D eigenvalue weighted by Gasteiger charge is -2.08. The SMILES string of the molecule is COC(=O)c1cc(Oc2ccc(F)c(Cl)c2)ncc1N. The molecule has 1 heterocycles. The quantitative estimate of drug-likeness (QED) is 0.881. The molecule has 20 heavy (non-hydrogen) atoms. The van der Waals surface area contributed by atoms with E-state index in [0.717, 1.165) is 6.07 Å². The molecule has 0 unspecified atom stereocenters. The van der Waals surface area contributed by atoms with Gasteiger partial charge in [-0.25, -0.2) is 14.2 Å². The average Bonchev–Trinajstić information content (AvgIpc) is 2.44. The second-order valence-electron chi connectivity index (χ2n) is 3.78. The Kier molecular flexibility index (Phi) is 4.05. The fourth-order valence-corrected chi connectivity index (χ4v) is 1.62. The van der Waals surface area contributed by atoms with Crippen molar-refractivity contribution in [1.29, 1.82) is 0 Å². The smallest absolute Gasteiger partial charge is 0.340 e. The predicted octanol–water partition coefficient (Wildman–Crippen LogP) is 3.04. The summed E-state index contributed by atoms with van der Waals surface area (Å²) in [5.41, 5.74) is 5.91. The highest BCUT2D eigenvalue weighted by Crippen LogP contribution is 2.26. The van der Waals surface area contributed by atoms with E-state index in [1.807, 2.05) is 0 Å². The van der Waals surface area contributed by atoms with Crippen LogP contribution in [0.3, 0.4) is 0 Å². The lowest BCUT2D eigenvalue weighted by molar-refractivity contribution is 0.0601. The van der Waals surface area contributed by atoms with E-state index in [0.29, 0.717) is 0 Å². The summed E-state index contributed by atoms with van der Waals surface area (Å²) in [5.74, 6) is -0.766. The van der Waals surface area contributed by atoms with Crippen LogP contribution in [0.2, 0.25) is 5.02 Å².